The molecule has 1 amide bonds. The average Bonchev–Trinajstić information content (AvgIpc) is 3.02. The molecule has 0 unspecified atom stereocenters. The van der Waals surface area contributed by atoms with Crippen molar-refractivity contribution in [2.24, 2.45) is 16.2 Å². The molecule has 2 aromatic carbocycles. The summed E-state index contributed by atoms with van der Waals surface area (Å²) in [6, 6.07) is 17.1. The van der Waals surface area contributed by atoms with Crippen molar-refractivity contribution in [1.82, 2.24) is 0 Å². The molecule has 0 spiro atoms. The molecule has 33 heavy (non-hydrogen) atoms. The third-order valence-electron chi connectivity index (χ3n) is 8.63. The number of fused-ring (bicyclic) bond motifs is 2. The zero-order chi connectivity index (χ0) is 24.3. The Morgan fingerprint density at radius 2 is 1.45 bits per heavy atom. The van der Waals surface area contributed by atoms with Crippen molar-refractivity contribution in [3.8, 4) is 5.75 Å². The number of hydrogen-bond acceptors (Lipinski definition) is 3. The number of amides is 1. The van der Waals surface area contributed by atoms with Gasteiger partial charge in [-0.2, -0.15) is 0 Å². The van der Waals surface area contributed by atoms with Gasteiger partial charge in [-0.3, -0.25) is 4.79 Å². The first kappa shape index (κ1) is 22.8. The van der Waals surface area contributed by atoms with Crippen molar-refractivity contribution in [2.45, 2.75) is 34.6 Å². The molecule has 2 bridgehead atoms. The van der Waals surface area contributed by atoms with Crippen molar-refractivity contribution in [3.63, 3.8) is 0 Å². The summed E-state index contributed by atoms with van der Waals surface area (Å²) in [6.07, 6.45) is 0. The van der Waals surface area contributed by atoms with Crippen LogP contribution in [0.3, 0.4) is 0 Å². The zero-order valence-electron chi connectivity index (χ0n) is 20.3. The molecular weight excluding hydrogens is 414 g/mol. The molecule has 0 heterocycles. The number of carbonyl (C=O) groups is 2. The van der Waals surface area contributed by atoms with E-state index in [1.54, 1.807) is 19.1 Å². The molecule has 0 fully saturated rings. The van der Waals surface area contributed by atoms with Crippen LogP contribution in [0.25, 0.3) is 5.57 Å². The number of benzene rings is 2. The lowest BCUT2D eigenvalue weighted by molar-refractivity contribution is -0.134. The number of carbonyl (C=O) groups excluding carboxylic acids is 1. The fourth-order valence-corrected chi connectivity index (χ4v) is 6.18. The van der Waals surface area contributed by atoms with Gasteiger partial charge in [-0.05, 0) is 47.7 Å². The van der Waals surface area contributed by atoms with Gasteiger partial charge in [0.25, 0.3) is 5.91 Å². The van der Waals surface area contributed by atoms with Crippen LogP contribution in [0.1, 0.15) is 40.2 Å². The highest BCUT2D eigenvalue weighted by Crippen LogP contribution is 2.77. The fourth-order valence-electron chi connectivity index (χ4n) is 6.18. The van der Waals surface area contributed by atoms with Crippen molar-refractivity contribution < 1.29 is 19.4 Å². The Bertz CT molecular complexity index is 1210. The minimum absolute atomic E-state index is 0.206. The third kappa shape index (κ3) is 2.71. The largest absolute Gasteiger partial charge is 0.497 e. The molecule has 2 aromatic rings. The quantitative estimate of drug-likeness (QED) is 0.653. The van der Waals surface area contributed by atoms with Gasteiger partial charge >= 0.3 is 5.97 Å². The van der Waals surface area contributed by atoms with Gasteiger partial charge in [-0.1, -0.05) is 63.6 Å². The van der Waals surface area contributed by atoms with Crippen molar-refractivity contribution in [2.75, 3.05) is 19.1 Å². The second-order valence-electron chi connectivity index (χ2n) is 9.86. The second-order valence-corrected chi connectivity index (χ2v) is 9.86. The molecule has 2 aliphatic rings. The number of carboxylic acids is 1. The van der Waals surface area contributed by atoms with Crippen LogP contribution in [0.2, 0.25) is 0 Å². The summed E-state index contributed by atoms with van der Waals surface area (Å²) in [5.74, 6) is -0.568. The van der Waals surface area contributed by atoms with E-state index in [1.807, 2.05) is 75.4 Å². The molecule has 1 N–H and O–H groups in total. The maximum absolute atomic E-state index is 14.0. The van der Waals surface area contributed by atoms with Crippen LogP contribution < -0.4 is 9.64 Å². The number of para-hydroxylation sites is 1. The number of carboxylic acid groups (broad SMARTS) is 1. The number of allylic oxidation sites excluding steroid dienone is 2. The highest BCUT2D eigenvalue weighted by molar-refractivity contribution is 6.16. The van der Waals surface area contributed by atoms with Crippen molar-refractivity contribution >= 4 is 23.1 Å². The molecule has 2 atom stereocenters. The molecule has 0 aliphatic heterocycles. The summed E-state index contributed by atoms with van der Waals surface area (Å²) in [5.41, 5.74) is 2.16. The number of rotatable bonds is 5. The summed E-state index contributed by atoms with van der Waals surface area (Å²) >= 11 is 0. The Kier molecular flexibility index (Phi) is 5.08. The SMILES string of the molecule is COc1ccc(C2=C(C)[C@@]3(C)C(C(=O)O)=C(C(=O)N(C)c4ccccc4)[C@]2(C)C3(C)C)cc1. The number of likely N-dealkylation sites (N-methyl/N-ethyl adjacent to an activating group) is 1. The van der Waals surface area contributed by atoms with E-state index in [-0.39, 0.29) is 11.5 Å². The van der Waals surface area contributed by atoms with E-state index >= 15 is 0 Å². The summed E-state index contributed by atoms with van der Waals surface area (Å²) in [5, 5.41) is 10.4. The summed E-state index contributed by atoms with van der Waals surface area (Å²) in [4.78, 5) is 28.3. The first-order valence-electron chi connectivity index (χ1n) is 11.1. The molecule has 0 saturated heterocycles. The Labute approximate surface area is 195 Å². The smallest absolute Gasteiger partial charge is 0.333 e. The van der Waals surface area contributed by atoms with Gasteiger partial charge in [0.2, 0.25) is 0 Å². The molecular formula is C28H31NO4. The molecule has 5 nitrogen and oxygen atoms in total. The van der Waals surface area contributed by atoms with Crippen LogP contribution >= 0.6 is 0 Å². The number of hydrogen-bond donors (Lipinski definition) is 1. The number of aliphatic carboxylic acids is 1. The van der Waals surface area contributed by atoms with Crippen LogP contribution in [0.4, 0.5) is 5.69 Å². The Balaban J connectivity index is 1.97. The molecule has 0 saturated carbocycles. The maximum atomic E-state index is 14.0. The van der Waals surface area contributed by atoms with Gasteiger partial charge in [-0.15, -0.1) is 0 Å². The number of methoxy groups -OCH3 is 1. The van der Waals surface area contributed by atoms with E-state index in [0.29, 0.717) is 5.57 Å². The lowest BCUT2D eigenvalue weighted by Gasteiger charge is -2.43. The van der Waals surface area contributed by atoms with E-state index in [1.165, 1.54) is 0 Å². The van der Waals surface area contributed by atoms with E-state index in [2.05, 4.69) is 13.8 Å². The van der Waals surface area contributed by atoms with Crippen molar-refractivity contribution in [3.05, 3.63) is 76.9 Å². The van der Waals surface area contributed by atoms with E-state index in [9.17, 15) is 14.7 Å². The van der Waals surface area contributed by atoms with Crippen molar-refractivity contribution in [1.29, 1.82) is 0 Å². The number of ether oxygens (including phenoxy) is 1. The normalized spacial score (nSPS) is 25.4. The topological polar surface area (TPSA) is 66.8 Å². The average molecular weight is 446 g/mol. The Hall–Kier alpha value is -3.34. The predicted molar refractivity (Wildman–Crippen MR) is 130 cm³/mol. The monoisotopic (exact) mass is 445 g/mol. The van der Waals surface area contributed by atoms with Crippen LogP contribution in [0, 0.1) is 16.2 Å². The predicted octanol–water partition coefficient (Wildman–Crippen LogP) is 5.58. The van der Waals surface area contributed by atoms with Gasteiger partial charge in [0.1, 0.15) is 5.75 Å². The van der Waals surface area contributed by atoms with E-state index in [4.69, 9.17) is 4.74 Å². The minimum Gasteiger partial charge on any atom is -0.497 e. The van der Waals surface area contributed by atoms with Gasteiger partial charge in [-0.25, -0.2) is 4.79 Å². The molecule has 4 rings (SSSR count). The molecule has 5 heteroatoms. The highest BCUT2D eigenvalue weighted by Gasteiger charge is 2.72. The summed E-state index contributed by atoms with van der Waals surface area (Å²) in [7, 11) is 3.33. The number of anilines is 1. The van der Waals surface area contributed by atoms with Crippen LogP contribution in [-0.4, -0.2) is 31.1 Å². The van der Waals surface area contributed by atoms with E-state index < -0.39 is 22.2 Å². The van der Waals surface area contributed by atoms with Gasteiger partial charge < -0.3 is 14.7 Å². The Morgan fingerprint density at radius 1 is 0.879 bits per heavy atom. The molecule has 0 aromatic heterocycles. The van der Waals surface area contributed by atoms with E-state index in [0.717, 1.165) is 28.1 Å². The number of nitrogens with zero attached hydrogens (tertiary/aromatic N) is 1. The Morgan fingerprint density at radius 3 is 1.97 bits per heavy atom. The third-order valence-corrected chi connectivity index (χ3v) is 8.63. The maximum Gasteiger partial charge on any atom is 0.333 e. The highest BCUT2D eigenvalue weighted by atomic mass is 16.5. The molecule has 2 aliphatic carbocycles. The molecule has 172 valence electrons. The minimum atomic E-state index is -1.03. The first-order valence-corrected chi connectivity index (χ1v) is 11.1. The van der Waals surface area contributed by atoms with Crippen LogP contribution in [0.5, 0.6) is 5.75 Å². The second kappa shape index (κ2) is 7.34. The van der Waals surface area contributed by atoms with Gasteiger partial charge in [0.15, 0.2) is 0 Å². The summed E-state index contributed by atoms with van der Waals surface area (Å²) in [6.45, 7) is 10.2. The van der Waals surface area contributed by atoms with Gasteiger partial charge in [0, 0.05) is 29.1 Å². The van der Waals surface area contributed by atoms with Crippen LogP contribution in [0.15, 0.2) is 71.3 Å². The lowest BCUT2D eigenvalue weighted by atomic mass is 9.59. The molecule has 0 radical (unpaired) electrons. The first-order chi connectivity index (χ1) is 15.4. The van der Waals surface area contributed by atoms with Crippen LogP contribution in [-0.2, 0) is 9.59 Å². The fraction of sp³-hybridized carbons (Fsp3) is 0.357. The van der Waals surface area contributed by atoms with Gasteiger partial charge in [0.05, 0.1) is 12.7 Å². The lowest BCUT2D eigenvalue weighted by Crippen LogP contribution is -2.41. The standard InChI is InChI=1S/C28H31NO4/c1-17-21(18-13-15-20(33-7)16-14-18)28(5)22(23(25(31)32)27(17,4)26(28,2)3)24(30)29(6)19-11-9-8-10-12-19/h8-16H,1-7H3,(H,31,32)/t27-,28+/m0/s1. The summed E-state index contributed by atoms with van der Waals surface area (Å²) < 4.78 is 5.33. The zero-order valence-corrected chi connectivity index (χ0v) is 20.3.